The molecule has 2 rings (SSSR count). The van der Waals surface area contributed by atoms with Crippen molar-refractivity contribution >= 4 is 11.4 Å². The Kier molecular flexibility index (Phi) is 3.56. The first kappa shape index (κ1) is 12.5. The monoisotopic (exact) mass is 241 g/mol. The molecular formula is C16H19NO. The van der Waals surface area contributed by atoms with Crippen LogP contribution in [0.15, 0.2) is 36.4 Å². The maximum Gasteiger partial charge on any atom is 0.126 e. The molecule has 2 nitrogen and oxygen atoms in total. The van der Waals surface area contributed by atoms with Crippen molar-refractivity contribution in [2.45, 2.75) is 20.8 Å². The number of hydrogen-bond acceptors (Lipinski definition) is 2. The third kappa shape index (κ3) is 2.33. The van der Waals surface area contributed by atoms with Gasteiger partial charge in [0, 0.05) is 16.9 Å². The molecule has 0 saturated heterocycles. The van der Waals surface area contributed by atoms with Crippen molar-refractivity contribution < 1.29 is 4.74 Å². The fourth-order valence-corrected chi connectivity index (χ4v) is 2.34. The Balaban J connectivity index is 2.45. The predicted octanol–water partition coefficient (Wildman–Crippen LogP) is 4.36. The Morgan fingerprint density at radius 3 is 2.22 bits per heavy atom. The Morgan fingerprint density at radius 2 is 1.61 bits per heavy atom. The number of rotatable bonds is 3. The molecule has 0 bridgehead atoms. The van der Waals surface area contributed by atoms with Gasteiger partial charge in [-0.1, -0.05) is 24.3 Å². The van der Waals surface area contributed by atoms with Gasteiger partial charge in [0.1, 0.15) is 5.75 Å². The molecule has 0 atom stereocenters. The summed E-state index contributed by atoms with van der Waals surface area (Å²) < 4.78 is 5.47. The molecule has 2 aromatic rings. The lowest BCUT2D eigenvalue weighted by Crippen LogP contribution is -2.00. The van der Waals surface area contributed by atoms with Crippen LogP contribution in [0.4, 0.5) is 11.4 Å². The zero-order chi connectivity index (χ0) is 13.1. The Bertz CT molecular complexity index is 547. The number of anilines is 2. The van der Waals surface area contributed by atoms with Gasteiger partial charge in [-0.05, 0) is 44.0 Å². The summed E-state index contributed by atoms with van der Waals surface area (Å²) in [7, 11) is 1.72. The van der Waals surface area contributed by atoms with Crippen molar-refractivity contribution in [2.75, 3.05) is 12.4 Å². The molecule has 2 aromatic carbocycles. The van der Waals surface area contributed by atoms with E-state index in [9.17, 15) is 0 Å². The van der Waals surface area contributed by atoms with Crippen LogP contribution in [0, 0.1) is 20.8 Å². The van der Waals surface area contributed by atoms with Crippen molar-refractivity contribution in [1.29, 1.82) is 0 Å². The van der Waals surface area contributed by atoms with E-state index in [2.05, 4.69) is 44.3 Å². The number of aryl methyl sites for hydroxylation is 2. The van der Waals surface area contributed by atoms with Gasteiger partial charge in [0.05, 0.1) is 7.11 Å². The SMILES string of the molecule is COc1c(C)cc(C)c(Nc2ccccc2)c1C. The van der Waals surface area contributed by atoms with Crippen LogP contribution < -0.4 is 10.1 Å². The van der Waals surface area contributed by atoms with Crippen LogP contribution in [-0.2, 0) is 0 Å². The largest absolute Gasteiger partial charge is 0.496 e. The molecule has 18 heavy (non-hydrogen) atoms. The predicted molar refractivity (Wildman–Crippen MR) is 76.9 cm³/mol. The second-order valence-electron chi connectivity index (χ2n) is 4.53. The molecule has 0 fully saturated rings. The second-order valence-corrected chi connectivity index (χ2v) is 4.53. The van der Waals surface area contributed by atoms with Gasteiger partial charge in [0.15, 0.2) is 0 Å². The first-order valence-corrected chi connectivity index (χ1v) is 6.10. The van der Waals surface area contributed by atoms with Crippen LogP contribution in [0.2, 0.25) is 0 Å². The molecule has 0 heterocycles. The number of methoxy groups -OCH3 is 1. The van der Waals surface area contributed by atoms with Crippen molar-refractivity contribution in [3.05, 3.63) is 53.1 Å². The lowest BCUT2D eigenvalue weighted by atomic mass is 10.0. The van der Waals surface area contributed by atoms with Crippen LogP contribution in [0.1, 0.15) is 16.7 Å². The highest BCUT2D eigenvalue weighted by Crippen LogP contribution is 2.34. The lowest BCUT2D eigenvalue weighted by molar-refractivity contribution is 0.409. The highest BCUT2D eigenvalue weighted by atomic mass is 16.5. The average molecular weight is 241 g/mol. The van der Waals surface area contributed by atoms with Gasteiger partial charge in [-0.3, -0.25) is 0 Å². The van der Waals surface area contributed by atoms with E-state index in [-0.39, 0.29) is 0 Å². The van der Waals surface area contributed by atoms with Gasteiger partial charge >= 0.3 is 0 Å². The standard InChI is InChI=1S/C16H19NO/c1-11-10-12(2)16(18-4)13(3)15(11)17-14-8-6-5-7-9-14/h5-10,17H,1-4H3. The molecule has 0 unspecified atom stereocenters. The maximum absolute atomic E-state index is 5.47. The normalized spacial score (nSPS) is 10.2. The van der Waals surface area contributed by atoms with Gasteiger partial charge in [0.25, 0.3) is 0 Å². The van der Waals surface area contributed by atoms with Gasteiger partial charge in [-0.15, -0.1) is 0 Å². The van der Waals surface area contributed by atoms with E-state index < -0.39 is 0 Å². The molecule has 94 valence electrons. The van der Waals surface area contributed by atoms with Crippen molar-refractivity contribution in [3.8, 4) is 5.75 Å². The van der Waals surface area contributed by atoms with E-state index in [1.165, 1.54) is 11.1 Å². The molecule has 2 heteroatoms. The lowest BCUT2D eigenvalue weighted by Gasteiger charge is -2.17. The van der Waals surface area contributed by atoms with E-state index in [1.807, 2.05) is 18.2 Å². The Hall–Kier alpha value is -1.96. The van der Waals surface area contributed by atoms with Crippen molar-refractivity contribution in [3.63, 3.8) is 0 Å². The summed E-state index contributed by atoms with van der Waals surface area (Å²) in [4.78, 5) is 0. The van der Waals surface area contributed by atoms with Crippen LogP contribution in [-0.4, -0.2) is 7.11 Å². The first-order chi connectivity index (χ1) is 8.63. The topological polar surface area (TPSA) is 21.3 Å². The van der Waals surface area contributed by atoms with E-state index in [0.717, 1.165) is 22.7 Å². The van der Waals surface area contributed by atoms with Crippen molar-refractivity contribution in [1.82, 2.24) is 0 Å². The summed E-state index contributed by atoms with van der Waals surface area (Å²) >= 11 is 0. The first-order valence-electron chi connectivity index (χ1n) is 6.10. The van der Waals surface area contributed by atoms with Gasteiger partial charge in [-0.25, -0.2) is 0 Å². The summed E-state index contributed by atoms with van der Waals surface area (Å²) in [6, 6.07) is 12.3. The van der Waals surface area contributed by atoms with E-state index in [0.29, 0.717) is 0 Å². The number of hydrogen-bond donors (Lipinski definition) is 1. The molecule has 0 aromatic heterocycles. The molecule has 0 aliphatic rings. The smallest absolute Gasteiger partial charge is 0.126 e. The third-order valence-corrected chi connectivity index (χ3v) is 3.15. The molecule has 0 aliphatic carbocycles. The maximum atomic E-state index is 5.47. The highest BCUT2D eigenvalue weighted by molar-refractivity contribution is 5.70. The molecule has 1 N–H and O–H groups in total. The molecule has 0 aliphatic heterocycles. The summed E-state index contributed by atoms with van der Waals surface area (Å²) in [5.41, 5.74) is 5.78. The Labute approximate surface area is 109 Å². The molecule has 0 saturated carbocycles. The van der Waals surface area contributed by atoms with Crippen molar-refractivity contribution in [2.24, 2.45) is 0 Å². The molecule has 0 amide bonds. The molecule has 0 radical (unpaired) electrons. The zero-order valence-corrected chi connectivity index (χ0v) is 11.4. The summed E-state index contributed by atoms with van der Waals surface area (Å²) in [6.07, 6.45) is 0. The van der Waals surface area contributed by atoms with Gasteiger partial charge in [-0.2, -0.15) is 0 Å². The third-order valence-electron chi connectivity index (χ3n) is 3.15. The minimum atomic E-state index is 0.957. The average Bonchev–Trinajstić information content (AvgIpc) is 2.36. The number of benzene rings is 2. The van der Waals surface area contributed by atoms with Crippen LogP contribution in [0.5, 0.6) is 5.75 Å². The molecular weight excluding hydrogens is 222 g/mol. The Morgan fingerprint density at radius 1 is 0.944 bits per heavy atom. The summed E-state index contributed by atoms with van der Waals surface area (Å²) in [6.45, 7) is 6.28. The highest BCUT2D eigenvalue weighted by Gasteiger charge is 2.11. The van der Waals surface area contributed by atoms with Gasteiger partial charge < -0.3 is 10.1 Å². The van der Waals surface area contributed by atoms with Crippen LogP contribution in [0.3, 0.4) is 0 Å². The van der Waals surface area contributed by atoms with Crippen LogP contribution >= 0.6 is 0 Å². The minimum Gasteiger partial charge on any atom is -0.496 e. The van der Waals surface area contributed by atoms with Gasteiger partial charge in [0.2, 0.25) is 0 Å². The summed E-state index contributed by atoms with van der Waals surface area (Å²) in [5.74, 6) is 0.957. The fraction of sp³-hybridized carbons (Fsp3) is 0.250. The summed E-state index contributed by atoms with van der Waals surface area (Å²) in [5, 5.41) is 3.46. The number of nitrogens with one attached hydrogen (secondary N) is 1. The fourth-order valence-electron chi connectivity index (χ4n) is 2.34. The number of para-hydroxylation sites is 1. The quantitative estimate of drug-likeness (QED) is 0.861. The molecule has 0 spiro atoms. The minimum absolute atomic E-state index is 0.957. The second kappa shape index (κ2) is 5.13. The zero-order valence-electron chi connectivity index (χ0n) is 11.4. The number of ether oxygens (including phenoxy) is 1. The van der Waals surface area contributed by atoms with E-state index in [1.54, 1.807) is 7.11 Å². The van der Waals surface area contributed by atoms with E-state index >= 15 is 0 Å². The van der Waals surface area contributed by atoms with Crippen LogP contribution in [0.25, 0.3) is 0 Å². The van der Waals surface area contributed by atoms with E-state index in [4.69, 9.17) is 4.74 Å².